The number of alkyl halides is 2. The van der Waals surface area contributed by atoms with Gasteiger partial charge in [0.05, 0.1) is 13.7 Å². The highest BCUT2D eigenvalue weighted by atomic mass is 19.3. The van der Waals surface area contributed by atoms with E-state index in [1.54, 1.807) is 32.2 Å². The fourth-order valence-electron chi connectivity index (χ4n) is 4.36. The van der Waals surface area contributed by atoms with Gasteiger partial charge >= 0.3 is 6.61 Å². The van der Waals surface area contributed by atoms with Gasteiger partial charge in [0, 0.05) is 36.3 Å². The van der Waals surface area contributed by atoms with Crippen LogP contribution in [0.2, 0.25) is 0 Å². The van der Waals surface area contributed by atoms with Crippen molar-refractivity contribution in [3.05, 3.63) is 59.8 Å². The molecule has 1 amide bonds. The third-order valence-electron chi connectivity index (χ3n) is 6.07. The van der Waals surface area contributed by atoms with Gasteiger partial charge in [-0.15, -0.1) is 0 Å². The first kappa shape index (κ1) is 23.6. The van der Waals surface area contributed by atoms with E-state index < -0.39 is 6.61 Å². The van der Waals surface area contributed by atoms with E-state index in [-0.39, 0.29) is 17.4 Å². The van der Waals surface area contributed by atoms with Gasteiger partial charge in [0.15, 0.2) is 11.5 Å². The predicted octanol–water partition coefficient (Wildman–Crippen LogP) is 5.60. The molecule has 1 aliphatic heterocycles. The number of likely N-dealkylation sites (tertiary alicyclic amines) is 1. The smallest absolute Gasteiger partial charge is 0.387 e. The molecule has 0 radical (unpaired) electrons. The van der Waals surface area contributed by atoms with Crippen molar-refractivity contribution in [1.29, 1.82) is 0 Å². The molecule has 1 fully saturated rings. The Morgan fingerprint density at radius 2 is 1.97 bits per heavy atom. The number of nitrogens with one attached hydrogen (secondary N) is 1. The fourth-order valence-corrected chi connectivity index (χ4v) is 4.36. The molecule has 0 bridgehead atoms. The average molecular weight is 471 g/mol. The number of rotatable bonds is 8. The number of aromatic amines is 1. The number of methoxy groups -OCH3 is 1. The molecule has 1 N–H and O–H groups in total. The van der Waals surface area contributed by atoms with Crippen LogP contribution in [-0.4, -0.2) is 49.2 Å². The second kappa shape index (κ2) is 10.6. The van der Waals surface area contributed by atoms with Crippen molar-refractivity contribution in [3.8, 4) is 17.2 Å². The van der Waals surface area contributed by atoms with Crippen LogP contribution in [0.4, 0.5) is 8.78 Å². The standard InChI is InChI=1S/C26H28F2N2O4/c1-3-33-24-14-17(4-8-23(24)34-26(27)28)5-9-25(31)30-12-10-18(11-13-30)21-16-29-22-7-6-19(32-2)15-20(21)22/h4-9,14-16,18,26,29H,3,10-13H2,1-2H3/b9-5+. The Kier molecular flexibility index (Phi) is 7.35. The maximum Gasteiger partial charge on any atom is 0.387 e. The molecule has 34 heavy (non-hydrogen) atoms. The van der Waals surface area contributed by atoms with E-state index in [4.69, 9.17) is 9.47 Å². The fraction of sp³-hybridized carbons (Fsp3) is 0.346. The molecule has 8 heteroatoms. The van der Waals surface area contributed by atoms with Crippen molar-refractivity contribution < 1.29 is 27.8 Å². The first-order valence-electron chi connectivity index (χ1n) is 11.3. The van der Waals surface area contributed by atoms with E-state index in [2.05, 4.69) is 22.0 Å². The number of hydrogen-bond donors (Lipinski definition) is 1. The topological polar surface area (TPSA) is 63.8 Å². The highest BCUT2D eigenvalue weighted by molar-refractivity contribution is 5.92. The van der Waals surface area contributed by atoms with Gasteiger partial charge < -0.3 is 24.1 Å². The molecular formula is C26H28F2N2O4. The first-order chi connectivity index (χ1) is 16.5. The van der Waals surface area contributed by atoms with Crippen molar-refractivity contribution in [1.82, 2.24) is 9.88 Å². The SMILES string of the molecule is CCOc1cc(/C=C/C(=O)N2CCC(c3c[nH]c4ccc(OC)cc34)CC2)ccc1OC(F)F. The van der Waals surface area contributed by atoms with E-state index in [0.29, 0.717) is 31.2 Å². The Morgan fingerprint density at radius 1 is 1.18 bits per heavy atom. The van der Waals surface area contributed by atoms with Crippen LogP contribution in [0, 0.1) is 0 Å². The Bertz CT molecular complexity index is 1170. The highest BCUT2D eigenvalue weighted by Crippen LogP contribution is 2.35. The van der Waals surface area contributed by atoms with Crippen LogP contribution in [0.5, 0.6) is 17.2 Å². The molecule has 0 atom stereocenters. The molecule has 0 aliphatic carbocycles. The quantitative estimate of drug-likeness (QED) is 0.436. The number of ether oxygens (including phenoxy) is 3. The normalized spacial score (nSPS) is 14.8. The largest absolute Gasteiger partial charge is 0.497 e. The number of nitrogens with zero attached hydrogens (tertiary/aromatic N) is 1. The minimum absolute atomic E-state index is 0.0303. The van der Waals surface area contributed by atoms with Crippen LogP contribution in [0.15, 0.2) is 48.7 Å². The summed E-state index contributed by atoms with van der Waals surface area (Å²) in [5, 5.41) is 1.16. The summed E-state index contributed by atoms with van der Waals surface area (Å²) >= 11 is 0. The molecule has 1 saturated heterocycles. The van der Waals surface area contributed by atoms with Crippen molar-refractivity contribution >= 4 is 22.9 Å². The van der Waals surface area contributed by atoms with Gasteiger partial charge in [-0.2, -0.15) is 8.78 Å². The third kappa shape index (κ3) is 5.32. The molecular weight excluding hydrogens is 442 g/mol. The average Bonchev–Trinajstić information content (AvgIpc) is 3.27. The summed E-state index contributed by atoms with van der Waals surface area (Å²) in [6, 6.07) is 10.6. The number of carbonyl (C=O) groups excluding carboxylic acids is 1. The number of piperidine rings is 1. The lowest BCUT2D eigenvalue weighted by Crippen LogP contribution is -2.36. The molecule has 180 valence electrons. The van der Waals surface area contributed by atoms with Crippen LogP contribution in [0.25, 0.3) is 17.0 Å². The lowest BCUT2D eigenvalue weighted by atomic mass is 9.89. The van der Waals surface area contributed by atoms with Crippen molar-refractivity contribution in [2.75, 3.05) is 26.8 Å². The van der Waals surface area contributed by atoms with E-state index >= 15 is 0 Å². The van der Waals surface area contributed by atoms with Crippen molar-refractivity contribution in [3.63, 3.8) is 0 Å². The second-order valence-corrected chi connectivity index (χ2v) is 8.11. The minimum atomic E-state index is -2.93. The maximum absolute atomic E-state index is 12.7. The number of carbonyl (C=O) groups is 1. The third-order valence-corrected chi connectivity index (χ3v) is 6.07. The Labute approximate surface area is 197 Å². The minimum Gasteiger partial charge on any atom is -0.497 e. The van der Waals surface area contributed by atoms with Gasteiger partial charge in [-0.1, -0.05) is 6.07 Å². The summed E-state index contributed by atoms with van der Waals surface area (Å²) in [5.74, 6) is 1.30. The summed E-state index contributed by atoms with van der Waals surface area (Å²) in [5.41, 5.74) is 3.00. The molecule has 1 aromatic heterocycles. The monoisotopic (exact) mass is 470 g/mol. The van der Waals surface area contributed by atoms with E-state index in [9.17, 15) is 13.6 Å². The molecule has 3 aromatic rings. The highest BCUT2D eigenvalue weighted by Gasteiger charge is 2.24. The Morgan fingerprint density at radius 3 is 2.68 bits per heavy atom. The molecule has 2 heterocycles. The zero-order valence-corrected chi connectivity index (χ0v) is 19.2. The van der Waals surface area contributed by atoms with E-state index in [1.807, 2.05) is 17.0 Å². The summed E-state index contributed by atoms with van der Waals surface area (Å²) < 4.78 is 40.4. The summed E-state index contributed by atoms with van der Waals surface area (Å²) in [4.78, 5) is 17.9. The zero-order valence-electron chi connectivity index (χ0n) is 19.2. The second-order valence-electron chi connectivity index (χ2n) is 8.11. The van der Waals surface area contributed by atoms with E-state index in [1.165, 1.54) is 17.7 Å². The van der Waals surface area contributed by atoms with Crippen LogP contribution in [0.3, 0.4) is 0 Å². The lowest BCUT2D eigenvalue weighted by molar-refractivity contribution is -0.126. The van der Waals surface area contributed by atoms with Gasteiger partial charge in [-0.25, -0.2) is 0 Å². The molecule has 2 aromatic carbocycles. The van der Waals surface area contributed by atoms with Crippen LogP contribution in [-0.2, 0) is 4.79 Å². The number of hydrogen-bond acceptors (Lipinski definition) is 4. The Balaban J connectivity index is 1.39. The van der Waals surface area contributed by atoms with Crippen molar-refractivity contribution in [2.45, 2.75) is 32.3 Å². The van der Waals surface area contributed by atoms with E-state index in [0.717, 1.165) is 29.5 Å². The van der Waals surface area contributed by atoms with Crippen molar-refractivity contribution in [2.24, 2.45) is 0 Å². The number of fused-ring (bicyclic) bond motifs is 1. The number of aromatic nitrogens is 1. The van der Waals surface area contributed by atoms with Gasteiger partial charge in [-0.05, 0) is 73.2 Å². The van der Waals surface area contributed by atoms with Gasteiger partial charge in [-0.3, -0.25) is 4.79 Å². The summed E-state index contributed by atoms with van der Waals surface area (Å²) in [7, 11) is 1.66. The molecule has 1 aliphatic rings. The number of H-pyrrole nitrogens is 1. The summed E-state index contributed by atoms with van der Waals surface area (Å²) in [6.07, 6.45) is 6.98. The lowest BCUT2D eigenvalue weighted by Gasteiger charge is -2.31. The molecule has 4 rings (SSSR count). The number of benzene rings is 2. The zero-order chi connectivity index (χ0) is 24.1. The molecule has 0 unspecified atom stereocenters. The van der Waals surface area contributed by atoms with Crippen LogP contribution < -0.4 is 14.2 Å². The van der Waals surface area contributed by atoms with Gasteiger partial charge in [0.2, 0.25) is 5.91 Å². The first-order valence-corrected chi connectivity index (χ1v) is 11.3. The number of amides is 1. The maximum atomic E-state index is 12.7. The predicted molar refractivity (Wildman–Crippen MR) is 127 cm³/mol. The molecule has 6 nitrogen and oxygen atoms in total. The Hall–Kier alpha value is -3.55. The van der Waals surface area contributed by atoms with Gasteiger partial charge in [0.25, 0.3) is 0 Å². The van der Waals surface area contributed by atoms with Gasteiger partial charge in [0.1, 0.15) is 5.75 Å². The van der Waals surface area contributed by atoms with Crippen LogP contribution >= 0.6 is 0 Å². The molecule has 0 spiro atoms. The summed E-state index contributed by atoms with van der Waals surface area (Å²) in [6.45, 7) is 0.459. The molecule has 0 saturated carbocycles. The number of halogens is 2. The van der Waals surface area contributed by atoms with Crippen LogP contribution in [0.1, 0.15) is 36.8 Å².